The van der Waals surface area contributed by atoms with Crippen molar-refractivity contribution in [2.75, 3.05) is 13.2 Å². The molecule has 2 atom stereocenters. The van der Waals surface area contributed by atoms with Gasteiger partial charge in [-0.05, 0) is 44.6 Å². The van der Waals surface area contributed by atoms with Crippen molar-refractivity contribution < 1.29 is 9.53 Å². The molecule has 116 valence electrons. The Bertz CT molecular complexity index is 480. The van der Waals surface area contributed by atoms with Crippen LogP contribution < -0.4 is 0 Å². The highest BCUT2D eigenvalue weighted by molar-refractivity contribution is 5.76. The quantitative estimate of drug-likeness (QED) is 0.835. The van der Waals surface area contributed by atoms with Crippen LogP contribution in [0.3, 0.4) is 0 Å². The van der Waals surface area contributed by atoms with Gasteiger partial charge in [-0.2, -0.15) is 5.10 Å². The fraction of sp³-hybridized carbons (Fsp3) is 0.750. The molecular formula is C16H25N3O2. The molecular weight excluding hydrogens is 266 g/mol. The molecule has 5 nitrogen and oxygen atoms in total. The van der Waals surface area contributed by atoms with E-state index in [9.17, 15) is 4.79 Å². The van der Waals surface area contributed by atoms with Crippen LogP contribution in [0.5, 0.6) is 0 Å². The minimum absolute atomic E-state index is 0.289. The maximum Gasteiger partial charge on any atom is 0.222 e. The summed E-state index contributed by atoms with van der Waals surface area (Å²) in [6.45, 7) is 4.63. The number of nitrogens with zero attached hydrogens (tertiary/aromatic N) is 3. The van der Waals surface area contributed by atoms with Gasteiger partial charge in [-0.1, -0.05) is 0 Å². The van der Waals surface area contributed by atoms with Gasteiger partial charge >= 0.3 is 0 Å². The smallest absolute Gasteiger partial charge is 0.222 e. The van der Waals surface area contributed by atoms with Crippen molar-refractivity contribution in [3.63, 3.8) is 0 Å². The van der Waals surface area contributed by atoms with Gasteiger partial charge in [0.15, 0.2) is 0 Å². The Labute approximate surface area is 126 Å². The molecule has 0 aliphatic carbocycles. The van der Waals surface area contributed by atoms with E-state index in [4.69, 9.17) is 4.74 Å². The predicted molar refractivity (Wildman–Crippen MR) is 79.9 cm³/mol. The summed E-state index contributed by atoms with van der Waals surface area (Å²) in [6, 6.07) is 0.307. The number of hydrogen-bond donors (Lipinski definition) is 0. The zero-order chi connectivity index (χ0) is 14.7. The summed E-state index contributed by atoms with van der Waals surface area (Å²) in [5, 5.41) is 4.34. The number of carbonyl (C=O) groups excluding carboxylic acids is 1. The fourth-order valence-electron chi connectivity index (χ4n) is 3.44. The molecule has 0 bridgehead atoms. The summed E-state index contributed by atoms with van der Waals surface area (Å²) in [4.78, 5) is 14.5. The fourth-order valence-corrected chi connectivity index (χ4v) is 3.44. The largest absolute Gasteiger partial charge is 0.378 e. The lowest BCUT2D eigenvalue weighted by Gasteiger charge is -2.25. The van der Waals surface area contributed by atoms with Crippen LogP contribution in [0.25, 0.3) is 0 Å². The third-order valence-corrected chi connectivity index (χ3v) is 4.56. The van der Waals surface area contributed by atoms with Crippen molar-refractivity contribution in [3.8, 4) is 0 Å². The second-order valence-electron chi connectivity index (χ2n) is 6.30. The number of rotatable bonds is 5. The molecule has 3 heterocycles. The molecule has 2 aliphatic rings. The van der Waals surface area contributed by atoms with Crippen molar-refractivity contribution in [1.29, 1.82) is 0 Å². The first-order valence-electron chi connectivity index (χ1n) is 8.12. The summed E-state index contributed by atoms with van der Waals surface area (Å²) in [5.41, 5.74) is 1.17. The number of aromatic nitrogens is 2. The highest BCUT2D eigenvalue weighted by Crippen LogP contribution is 2.22. The first kappa shape index (κ1) is 14.6. The highest BCUT2D eigenvalue weighted by Gasteiger charge is 2.29. The Balaban J connectivity index is 1.51. The third-order valence-electron chi connectivity index (χ3n) is 4.56. The molecule has 0 saturated carbocycles. The van der Waals surface area contributed by atoms with Gasteiger partial charge in [-0.15, -0.1) is 0 Å². The van der Waals surface area contributed by atoms with Gasteiger partial charge in [0.05, 0.1) is 24.9 Å². The van der Waals surface area contributed by atoms with E-state index in [1.807, 2.05) is 24.0 Å². The van der Waals surface area contributed by atoms with E-state index in [0.717, 1.165) is 51.8 Å². The normalized spacial score (nSPS) is 25.7. The van der Waals surface area contributed by atoms with E-state index in [2.05, 4.69) is 10.00 Å². The summed E-state index contributed by atoms with van der Waals surface area (Å²) in [7, 11) is 0. The third kappa shape index (κ3) is 3.64. The SMILES string of the molecule is Cc1cnn(C[C@@H]2CCCN2C(=O)CC[C@@H]2CCCO2)c1. The predicted octanol–water partition coefficient (Wildman–Crippen LogP) is 2.14. The highest BCUT2D eigenvalue weighted by atomic mass is 16.5. The van der Waals surface area contributed by atoms with E-state index in [1.165, 1.54) is 5.56 Å². The number of amides is 1. The van der Waals surface area contributed by atoms with Gasteiger partial charge in [0.2, 0.25) is 5.91 Å². The monoisotopic (exact) mass is 291 g/mol. The van der Waals surface area contributed by atoms with Crippen molar-refractivity contribution >= 4 is 5.91 Å². The van der Waals surface area contributed by atoms with Crippen LogP contribution in [0, 0.1) is 6.92 Å². The lowest BCUT2D eigenvalue weighted by atomic mass is 10.1. The summed E-state index contributed by atoms with van der Waals surface area (Å²) >= 11 is 0. The van der Waals surface area contributed by atoms with Crippen LogP contribution in [-0.4, -0.2) is 45.9 Å². The number of likely N-dealkylation sites (tertiary alicyclic amines) is 1. The Morgan fingerprint density at radius 1 is 1.43 bits per heavy atom. The molecule has 0 radical (unpaired) electrons. The van der Waals surface area contributed by atoms with Gasteiger partial charge in [-0.25, -0.2) is 0 Å². The molecule has 2 aliphatic heterocycles. The van der Waals surface area contributed by atoms with E-state index in [0.29, 0.717) is 18.6 Å². The molecule has 0 unspecified atom stereocenters. The maximum atomic E-state index is 12.4. The topological polar surface area (TPSA) is 47.4 Å². The van der Waals surface area contributed by atoms with Gasteiger partial charge < -0.3 is 9.64 Å². The zero-order valence-corrected chi connectivity index (χ0v) is 12.8. The zero-order valence-electron chi connectivity index (χ0n) is 12.8. The molecule has 21 heavy (non-hydrogen) atoms. The summed E-state index contributed by atoms with van der Waals surface area (Å²) in [5.74, 6) is 0.289. The van der Waals surface area contributed by atoms with Crippen LogP contribution in [-0.2, 0) is 16.1 Å². The Morgan fingerprint density at radius 3 is 3.05 bits per heavy atom. The Hall–Kier alpha value is -1.36. The van der Waals surface area contributed by atoms with Crippen LogP contribution >= 0.6 is 0 Å². The first-order chi connectivity index (χ1) is 10.2. The Morgan fingerprint density at radius 2 is 2.33 bits per heavy atom. The van der Waals surface area contributed by atoms with Crippen LogP contribution in [0.2, 0.25) is 0 Å². The van der Waals surface area contributed by atoms with Crippen molar-refractivity contribution in [3.05, 3.63) is 18.0 Å². The second kappa shape index (κ2) is 6.60. The van der Waals surface area contributed by atoms with Crippen molar-refractivity contribution in [1.82, 2.24) is 14.7 Å². The number of aryl methyl sites for hydroxylation is 1. The van der Waals surface area contributed by atoms with E-state index < -0.39 is 0 Å². The van der Waals surface area contributed by atoms with Gasteiger partial charge in [0.1, 0.15) is 0 Å². The van der Waals surface area contributed by atoms with E-state index in [-0.39, 0.29) is 5.91 Å². The number of ether oxygens (including phenoxy) is 1. The second-order valence-corrected chi connectivity index (χ2v) is 6.30. The summed E-state index contributed by atoms with van der Waals surface area (Å²) in [6.07, 6.45) is 10.2. The molecule has 0 spiro atoms. The minimum atomic E-state index is 0.289. The average Bonchev–Trinajstić information content (AvgIpc) is 3.19. The maximum absolute atomic E-state index is 12.4. The average molecular weight is 291 g/mol. The van der Waals surface area contributed by atoms with E-state index in [1.54, 1.807) is 0 Å². The molecule has 0 aromatic carbocycles. The minimum Gasteiger partial charge on any atom is -0.378 e. The number of carbonyl (C=O) groups is 1. The van der Waals surface area contributed by atoms with E-state index >= 15 is 0 Å². The van der Waals surface area contributed by atoms with Crippen LogP contribution in [0.15, 0.2) is 12.4 Å². The molecule has 5 heteroatoms. The van der Waals surface area contributed by atoms with Gasteiger partial charge in [0, 0.05) is 25.8 Å². The lowest BCUT2D eigenvalue weighted by Crippen LogP contribution is -2.38. The number of hydrogen-bond acceptors (Lipinski definition) is 3. The molecule has 1 aromatic rings. The first-order valence-corrected chi connectivity index (χ1v) is 8.12. The van der Waals surface area contributed by atoms with Crippen LogP contribution in [0.4, 0.5) is 0 Å². The van der Waals surface area contributed by atoms with Crippen LogP contribution in [0.1, 0.15) is 44.1 Å². The van der Waals surface area contributed by atoms with Gasteiger partial charge in [-0.3, -0.25) is 9.48 Å². The summed E-state index contributed by atoms with van der Waals surface area (Å²) < 4.78 is 7.57. The van der Waals surface area contributed by atoms with Gasteiger partial charge in [0.25, 0.3) is 0 Å². The van der Waals surface area contributed by atoms with Crippen molar-refractivity contribution in [2.45, 2.75) is 64.1 Å². The Kier molecular flexibility index (Phi) is 4.58. The van der Waals surface area contributed by atoms with Crippen molar-refractivity contribution in [2.24, 2.45) is 0 Å². The molecule has 2 fully saturated rings. The molecule has 0 N–H and O–H groups in total. The molecule has 1 amide bonds. The molecule has 2 saturated heterocycles. The standard InChI is InChI=1S/C16H25N3O2/c1-13-10-17-18(11-13)12-14-4-2-8-19(14)16(20)7-6-15-5-3-9-21-15/h10-11,14-15H,2-9,12H2,1H3/t14-,15-/m0/s1. The molecule has 1 aromatic heterocycles. The molecule has 3 rings (SSSR count). The lowest BCUT2D eigenvalue weighted by molar-refractivity contribution is -0.132.